The average Bonchev–Trinajstić information content (AvgIpc) is 2.34. The maximum atomic E-state index is 5.77. The quantitative estimate of drug-likeness (QED) is 0.833. The second kappa shape index (κ2) is 7.46. The molecule has 2 aliphatic rings. The molecule has 0 aromatic heterocycles. The third-order valence-electron chi connectivity index (χ3n) is 4.46. The van der Waals surface area contributed by atoms with E-state index in [1.807, 2.05) is 0 Å². The lowest BCUT2D eigenvalue weighted by molar-refractivity contribution is -0.0263. The Hall–Kier alpha value is -0.120. The molecule has 2 aliphatic heterocycles. The van der Waals surface area contributed by atoms with Crippen molar-refractivity contribution in [1.82, 2.24) is 10.2 Å². The maximum Gasteiger partial charge on any atom is 0.0546 e. The van der Waals surface area contributed by atoms with E-state index in [9.17, 15) is 0 Å². The van der Waals surface area contributed by atoms with Crippen LogP contribution in [0.15, 0.2) is 0 Å². The van der Waals surface area contributed by atoms with Crippen LogP contribution in [0.25, 0.3) is 0 Å². The van der Waals surface area contributed by atoms with E-state index in [4.69, 9.17) is 4.74 Å². The minimum Gasteiger partial charge on any atom is -0.381 e. The highest BCUT2D eigenvalue weighted by Gasteiger charge is 2.34. The number of nitrogens with zero attached hydrogens (tertiary/aromatic N) is 1. The summed E-state index contributed by atoms with van der Waals surface area (Å²) in [6.45, 7) is 6.84. The molecule has 2 saturated heterocycles. The molecule has 18 heavy (non-hydrogen) atoms. The van der Waals surface area contributed by atoms with Crippen molar-refractivity contribution in [3.63, 3.8) is 0 Å². The summed E-state index contributed by atoms with van der Waals surface area (Å²) in [7, 11) is 2.07. The van der Waals surface area contributed by atoms with Crippen molar-refractivity contribution in [3.05, 3.63) is 0 Å². The summed E-state index contributed by atoms with van der Waals surface area (Å²) in [6, 6.07) is 0. The summed E-state index contributed by atoms with van der Waals surface area (Å²) in [4.78, 5) is 2.70. The SMILES string of the molecule is CNCC1(CN2CCCCCCC2)CCCOC1. The molecule has 1 unspecified atom stereocenters. The predicted octanol–water partition coefficient (Wildman–Crippen LogP) is 2.27. The normalized spacial score (nSPS) is 31.8. The lowest BCUT2D eigenvalue weighted by Gasteiger charge is -2.41. The second-order valence-electron chi connectivity index (χ2n) is 6.23. The summed E-state index contributed by atoms with van der Waals surface area (Å²) in [5, 5.41) is 3.39. The van der Waals surface area contributed by atoms with Gasteiger partial charge in [0.1, 0.15) is 0 Å². The van der Waals surface area contributed by atoms with Gasteiger partial charge in [-0.1, -0.05) is 19.3 Å². The highest BCUT2D eigenvalue weighted by Crippen LogP contribution is 2.29. The number of nitrogens with one attached hydrogen (secondary N) is 1. The zero-order chi connectivity index (χ0) is 12.7. The van der Waals surface area contributed by atoms with Crippen molar-refractivity contribution in [2.45, 2.75) is 44.9 Å². The van der Waals surface area contributed by atoms with Crippen LogP contribution in [-0.2, 0) is 4.74 Å². The summed E-state index contributed by atoms with van der Waals surface area (Å²) in [5.74, 6) is 0. The van der Waals surface area contributed by atoms with E-state index in [-0.39, 0.29) is 0 Å². The van der Waals surface area contributed by atoms with E-state index in [1.54, 1.807) is 0 Å². The molecule has 2 rings (SSSR count). The Labute approximate surface area is 112 Å². The Kier molecular flexibility index (Phi) is 5.93. The largest absolute Gasteiger partial charge is 0.381 e. The topological polar surface area (TPSA) is 24.5 Å². The van der Waals surface area contributed by atoms with Crippen molar-refractivity contribution in [2.24, 2.45) is 5.41 Å². The van der Waals surface area contributed by atoms with Crippen molar-refractivity contribution in [3.8, 4) is 0 Å². The maximum absolute atomic E-state index is 5.77. The van der Waals surface area contributed by atoms with E-state index in [0.717, 1.165) is 19.8 Å². The highest BCUT2D eigenvalue weighted by atomic mass is 16.5. The Morgan fingerprint density at radius 3 is 2.39 bits per heavy atom. The molecule has 0 radical (unpaired) electrons. The summed E-state index contributed by atoms with van der Waals surface area (Å²) < 4.78 is 5.77. The molecule has 0 saturated carbocycles. The van der Waals surface area contributed by atoms with Crippen molar-refractivity contribution in [1.29, 1.82) is 0 Å². The highest BCUT2D eigenvalue weighted by molar-refractivity contribution is 4.87. The molecule has 106 valence electrons. The number of ether oxygens (including phenoxy) is 1. The Morgan fingerprint density at radius 1 is 1.06 bits per heavy atom. The van der Waals surface area contributed by atoms with E-state index < -0.39 is 0 Å². The first-order valence-electron chi connectivity index (χ1n) is 7.79. The smallest absolute Gasteiger partial charge is 0.0546 e. The second-order valence-corrected chi connectivity index (χ2v) is 6.23. The van der Waals surface area contributed by atoms with E-state index in [1.165, 1.54) is 64.6 Å². The minimum atomic E-state index is 0.367. The van der Waals surface area contributed by atoms with Crippen LogP contribution in [0.4, 0.5) is 0 Å². The van der Waals surface area contributed by atoms with E-state index in [2.05, 4.69) is 17.3 Å². The van der Waals surface area contributed by atoms with Gasteiger partial charge in [-0.3, -0.25) is 0 Å². The van der Waals surface area contributed by atoms with Gasteiger partial charge in [-0.25, -0.2) is 0 Å². The molecule has 3 heteroatoms. The van der Waals surface area contributed by atoms with Gasteiger partial charge in [0, 0.05) is 25.1 Å². The predicted molar refractivity (Wildman–Crippen MR) is 75.9 cm³/mol. The molecule has 0 amide bonds. The van der Waals surface area contributed by atoms with Gasteiger partial charge in [-0.15, -0.1) is 0 Å². The number of hydrogen-bond donors (Lipinski definition) is 1. The molecule has 2 fully saturated rings. The lowest BCUT2D eigenvalue weighted by Crippen LogP contribution is -2.49. The molecular formula is C15H30N2O. The van der Waals surface area contributed by atoms with Crippen LogP contribution < -0.4 is 5.32 Å². The standard InChI is InChI=1S/C15H30N2O/c1-16-12-15(8-7-11-18-14-15)13-17-9-5-3-2-4-6-10-17/h16H,2-14H2,1H3. The van der Waals surface area contributed by atoms with Crippen molar-refractivity contribution in [2.75, 3.05) is 46.4 Å². The van der Waals surface area contributed by atoms with E-state index >= 15 is 0 Å². The lowest BCUT2D eigenvalue weighted by atomic mass is 9.81. The molecule has 3 nitrogen and oxygen atoms in total. The van der Waals surface area contributed by atoms with Gasteiger partial charge in [0.2, 0.25) is 0 Å². The van der Waals surface area contributed by atoms with Crippen LogP contribution in [0.2, 0.25) is 0 Å². The molecule has 0 aromatic carbocycles. The first kappa shape index (κ1) is 14.3. The fourth-order valence-corrected chi connectivity index (χ4v) is 3.55. The van der Waals surface area contributed by atoms with Crippen LogP contribution in [0.3, 0.4) is 0 Å². The van der Waals surface area contributed by atoms with Gasteiger partial charge in [-0.05, 0) is 45.8 Å². The molecule has 0 aliphatic carbocycles. The Morgan fingerprint density at radius 2 is 1.78 bits per heavy atom. The number of rotatable bonds is 4. The zero-order valence-electron chi connectivity index (χ0n) is 12.0. The van der Waals surface area contributed by atoms with Crippen molar-refractivity contribution < 1.29 is 4.74 Å². The number of likely N-dealkylation sites (tertiary alicyclic amines) is 1. The molecule has 0 bridgehead atoms. The molecule has 0 spiro atoms. The van der Waals surface area contributed by atoms with Crippen molar-refractivity contribution >= 4 is 0 Å². The van der Waals surface area contributed by atoms with Crippen LogP contribution >= 0.6 is 0 Å². The average molecular weight is 254 g/mol. The third kappa shape index (κ3) is 4.22. The molecular weight excluding hydrogens is 224 g/mol. The molecule has 1 N–H and O–H groups in total. The molecule has 1 atom stereocenters. The first-order valence-corrected chi connectivity index (χ1v) is 7.79. The summed E-state index contributed by atoms with van der Waals surface area (Å²) in [6.07, 6.45) is 9.61. The van der Waals surface area contributed by atoms with Gasteiger partial charge >= 0.3 is 0 Å². The number of hydrogen-bond acceptors (Lipinski definition) is 3. The van der Waals surface area contributed by atoms with Gasteiger partial charge in [0.25, 0.3) is 0 Å². The van der Waals surface area contributed by atoms with Crippen LogP contribution in [0.5, 0.6) is 0 Å². The Balaban J connectivity index is 1.89. The van der Waals surface area contributed by atoms with Gasteiger partial charge in [0.15, 0.2) is 0 Å². The fourth-order valence-electron chi connectivity index (χ4n) is 3.55. The monoisotopic (exact) mass is 254 g/mol. The summed E-state index contributed by atoms with van der Waals surface area (Å²) in [5.41, 5.74) is 0.367. The van der Waals surface area contributed by atoms with Crippen LogP contribution in [0.1, 0.15) is 44.9 Å². The molecule has 2 heterocycles. The van der Waals surface area contributed by atoms with Gasteiger partial charge in [-0.2, -0.15) is 0 Å². The fraction of sp³-hybridized carbons (Fsp3) is 1.00. The zero-order valence-corrected chi connectivity index (χ0v) is 12.0. The Bertz CT molecular complexity index is 213. The van der Waals surface area contributed by atoms with Crippen LogP contribution in [-0.4, -0.2) is 51.3 Å². The first-order chi connectivity index (χ1) is 8.85. The summed E-state index contributed by atoms with van der Waals surface area (Å²) >= 11 is 0. The van der Waals surface area contributed by atoms with Gasteiger partial charge < -0.3 is 15.0 Å². The van der Waals surface area contributed by atoms with E-state index in [0.29, 0.717) is 5.41 Å². The van der Waals surface area contributed by atoms with Gasteiger partial charge in [0.05, 0.1) is 6.61 Å². The third-order valence-corrected chi connectivity index (χ3v) is 4.46. The van der Waals surface area contributed by atoms with Crippen LogP contribution in [0, 0.1) is 5.41 Å². The molecule has 0 aromatic rings. The minimum absolute atomic E-state index is 0.367.